The van der Waals surface area contributed by atoms with Crippen LogP contribution < -0.4 is 5.32 Å². The van der Waals surface area contributed by atoms with Crippen LogP contribution >= 0.6 is 11.6 Å². The van der Waals surface area contributed by atoms with Crippen molar-refractivity contribution in [2.24, 2.45) is 0 Å². The standard InChI is InChI=1S/C20H14ClN3O2/c21-15-10-8-14(9-11-15)19-23-18(26-24-19)12-22-20(25)17-7-3-5-13-4-1-2-6-16(13)17/h1-11H,12H2,(H,22,25). The predicted molar refractivity (Wildman–Crippen MR) is 99.9 cm³/mol. The lowest BCUT2D eigenvalue weighted by Crippen LogP contribution is -2.23. The van der Waals surface area contributed by atoms with Gasteiger partial charge in [-0.1, -0.05) is 53.2 Å². The summed E-state index contributed by atoms with van der Waals surface area (Å²) in [6, 6.07) is 20.5. The maximum Gasteiger partial charge on any atom is 0.252 e. The van der Waals surface area contributed by atoms with Crippen LogP contribution in [0.2, 0.25) is 5.02 Å². The SMILES string of the molecule is O=C(NCc1nc(-c2ccc(Cl)cc2)no1)c1cccc2ccccc12. The summed E-state index contributed by atoms with van der Waals surface area (Å²) >= 11 is 5.88. The second kappa shape index (κ2) is 6.98. The highest BCUT2D eigenvalue weighted by atomic mass is 35.5. The zero-order valence-corrected chi connectivity index (χ0v) is 14.4. The molecule has 0 radical (unpaired) electrons. The van der Waals surface area contributed by atoms with Crippen molar-refractivity contribution in [2.45, 2.75) is 6.54 Å². The van der Waals surface area contributed by atoms with Crippen molar-refractivity contribution in [1.29, 1.82) is 0 Å². The molecule has 1 heterocycles. The van der Waals surface area contributed by atoms with Crippen LogP contribution in [0.25, 0.3) is 22.2 Å². The smallest absolute Gasteiger partial charge is 0.252 e. The molecular formula is C20H14ClN3O2. The van der Waals surface area contributed by atoms with E-state index in [4.69, 9.17) is 16.1 Å². The van der Waals surface area contributed by atoms with E-state index < -0.39 is 0 Å². The Hall–Kier alpha value is -3.18. The Balaban J connectivity index is 1.49. The molecule has 4 aromatic rings. The molecule has 6 heteroatoms. The molecule has 128 valence electrons. The zero-order chi connectivity index (χ0) is 17.9. The third-order valence-electron chi connectivity index (χ3n) is 4.00. The quantitative estimate of drug-likeness (QED) is 0.580. The Kier molecular flexibility index (Phi) is 4.37. The summed E-state index contributed by atoms with van der Waals surface area (Å²) in [6.45, 7) is 0.155. The molecule has 0 atom stereocenters. The van der Waals surface area contributed by atoms with Gasteiger partial charge in [0.2, 0.25) is 11.7 Å². The van der Waals surface area contributed by atoms with Crippen molar-refractivity contribution < 1.29 is 9.32 Å². The number of amides is 1. The van der Waals surface area contributed by atoms with Gasteiger partial charge in [0.15, 0.2) is 0 Å². The summed E-state index contributed by atoms with van der Waals surface area (Å²) in [5.74, 6) is 0.604. The molecule has 1 amide bonds. The summed E-state index contributed by atoms with van der Waals surface area (Å²) in [7, 11) is 0. The molecular weight excluding hydrogens is 350 g/mol. The fraction of sp³-hybridized carbons (Fsp3) is 0.0500. The second-order valence-corrected chi connectivity index (χ2v) is 6.16. The number of carbonyl (C=O) groups excluding carboxylic acids is 1. The molecule has 0 spiro atoms. The molecule has 0 aliphatic heterocycles. The maximum atomic E-state index is 12.5. The normalized spacial score (nSPS) is 10.8. The van der Waals surface area contributed by atoms with Gasteiger partial charge in [-0.25, -0.2) is 0 Å². The monoisotopic (exact) mass is 363 g/mol. The molecule has 26 heavy (non-hydrogen) atoms. The first kappa shape index (κ1) is 16.3. The van der Waals surface area contributed by atoms with E-state index in [2.05, 4.69) is 15.5 Å². The minimum Gasteiger partial charge on any atom is -0.343 e. The van der Waals surface area contributed by atoms with Crippen LogP contribution in [-0.4, -0.2) is 16.0 Å². The van der Waals surface area contributed by atoms with Crippen molar-refractivity contribution in [3.05, 3.63) is 83.2 Å². The van der Waals surface area contributed by atoms with Gasteiger partial charge in [0.05, 0.1) is 6.54 Å². The van der Waals surface area contributed by atoms with Gasteiger partial charge < -0.3 is 9.84 Å². The lowest BCUT2D eigenvalue weighted by molar-refractivity contribution is 0.0948. The average Bonchev–Trinajstić information content (AvgIpc) is 3.15. The van der Waals surface area contributed by atoms with Crippen LogP contribution in [0.15, 0.2) is 71.3 Å². The zero-order valence-electron chi connectivity index (χ0n) is 13.6. The molecule has 0 aliphatic rings. The minimum absolute atomic E-state index is 0.155. The highest BCUT2D eigenvalue weighted by Crippen LogP contribution is 2.20. The molecule has 0 aliphatic carbocycles. The number of fused-ring (bicyclic) bond motifs is 1. The van der Waals surface area contributed by atoms with Gasteiger partial charge >= 0.3 is 0 Å². The Morgan fingerprint density at radius 1 is 1.00 bits per heavy atom. The van der Waals surface area contributed by atoms with Crippen LogP contribution in [0, 0.1) is 0 Å². The molecule has 0 unspecified atom stereocenters. The predicted octanol–water partition coefficient (Wildman–Crippen LogP) is 4.47. The van der Waals surface area contributed by atoms with Gasteiger partial charge in [0.1, 0.15) is 0 Å². The molecule has 1 N–H and O–H groups in total. The Morgan fingerprint density at radius 2 is 1.77 bits per heavy atom. The van der Waals surface area contributed by atoms with Crippen LogP contribution in [0.3, 0.4) is 0 Å². The van der Waals surface area contributed by atoms with Crippen molar-refractivity contribution >= 4 is 28.3 Å². The van der Waals surface area contributed by atoms with E-state index in [9.17, 15) is 4.79 Å². The summed E-state index contributed by atoms with van der Waals surface area (Å²) in [6.07, 6.45) is 0. The highest BCUT2D eigenvalue weighted by molar-refractivity contribution is 6.30. The number of benzene rings is 3. The Morgan fingerprint density at radius 3 is 2.62 bits per heavy atom. The first-order valence-electron chi connectivity index (χ1n) is 8.05. The highest BCUT2D eigenvalue weighted by Gasteiger charge is 2.12. The fourth-order valence-electron chi connectivity index (χ4n) is 2.72. The first-order valence-corrected chi connectivity index (χ1v) is 8.43. The van der Waals surface area contributed by atoms with Gasteiger partial charge in [0.25, 0.3) is 5.91 Å². The third-order valence-corrected chi connectivity index (χ3v) is 4.26. The van der Waals surface area contributed by atoms with Gasteiger partial charge in [-0.3, -0.25) is 4.79 Å². The van der Waals surface area contributed by atoms with Gasteiger partial charge in [-0.05, 0) is 41.1 Å². The van der Waals surface area contributed by atoms with Crippen LogP contribution in [0.5, 0.6) is 0 Å². The average molecular weight is 364 g/mol. The van der Waals surface area contributed by atoms with Crippen molar-refractivity contribution in [2.75, 3.05) is 0 Å². The van der Waals surface area contributed by atoms with E-state index in [0.29, 0.717) is 22.3 Å². The summed E-state index contributed by atoms with van der Waals surface area (Å²) < 4.78 is 5.21. The Labute approximate surface area is 154 Å². The van der Waals surface area contributed by atoms with Gasteiger partial charge in [0, 0.05) is 16.1 Å². The number of halogens is 1. The van der Waals surface area contributed by atoms with Crippen molar-refractivity contribution in [1.82, 2.24) is 15.5 Å². The number of hydrogen-bond donors (Lipinski definition) is 1. The largest absolute Gasteiger partial charge is 0.343 e. The van der Waals surface area contributed by atoms with E-state index in [-0.39, 0.29) is 12.5 Å². The summed E-state index contributed by atoms with van der Waals surface area (Å²) in [5, 5.41) is 9.32. The molecule has 0 fully saturated rings. The number of hydrogen-bond acceptors (Lipinski definition) is 4. The van der Waals surface area contributed by atoms with E-state index in [1.807, 2.05) is 48.5 Å². The Bertz CT molecular complexity index is 1070. The van der Waals surface area contributed by atoms with E-state index >= 15 is 0 Å². The molecule has 0 saturated carbocycles. The summed E-state index contributed by atoms with van der Waals surface area (Å²) in [4.78, 5) is 16.8. The van der Waals surface area contributed by atoms with Gasteiger partial charge in [-0.15, -0.1) is 0 Å². The van der Waals surface area contributed by atoms with Crippen LogP contribution in [0.4, 0.5) is 0 Å². The second-order valence-electron chi connectivity index (χ2n) is 5.73. The van der Waals surface area contributed by atoms with Crippen LogP contribution in [-0.2, 0) is 6.54 Å². The van der Waals surface area contributed by atoms with E-state index in [0.717, 1.165) is 16.3 Å². The fourth-order valence-corrected chi connectivity index (χ4v) is 2.84. The number of nitrogens with one attached hydrogen (secondary N) is 1. The maximum absolute atomic E-state index is 12.5. The van der Waals surface area contributed by atoms with E-state index in [1.165, 1.54) is 0 Å². The minimum atomic E-state index is -0.187. The first-order chi connectivity index (χ1) is 12.7. The van der Waals surface area contributed by atoms with Crippen molar-refractivity contribution in [3.63, 3.8) is 0 Å². The lowest BCUT2D eigenvalue weighted by atomic mass is 10.0. The number of carbonyl (C=O) groups is 1. The number of rotatable bonds is 4. The van der Waals surface area contributed by atoms with E-state index in [1.54, 1.807) is 18.2 Å². The third kappa shape index (κ3) is 3.30. The van der Waals surface area contributed by atoms with Crippen molar-refractivity contribution in [3.8, 4) is 11.4 Å². The molecule has 0 saturated heterocycles. The van der Waals surface area contributed by atoms with Gasteiger partial charge in [-0.2, -0.15) is 4.98 Å². The molecule has 0 bridgehead atoms. The number of aromatic nitrogens is 2. The lowest BCUT2D eigenvalue weighted by Gasteiger charge is -2.06. The molecule has 5 nitrogen and oxygen atoms in total. The topological polar surface area (TPSA) is 68.0 Å². The molecule has 4 rings (SSSR count). The summed E-state index contributed by atoms with van der Waals surface area (Å²) in [5.41, 5.74) is 1.41. The molecule has 1 aromatic heterocycles. The number of nitrogens with zero attached hydrogens (tertiary/aromatic N) is 2. The molecule has 3 aromatic carbocycles. The van der Waals surface area contributed by atoms with Crippen LogP contribution in [0.1, 0.15) is 16.2 Å².